The zero-order chi connectivity index (χ0) is 20.4. The first-order valence-corrected chi connectivity index (χ1v) is 11.6. The van der Waals surface area contributed by atoms with Gasteiger partial charge in [-0.05, 0) is 61.1 Å². The van der Waals surface area contributed by atoms with Crippen LogP contribution in [0.5, 0.6) is 0 Å². The minimum atomic E-state index is -0.449. The summed E-state index contributed by atoms with van der Waals surface area (Å²) in [5.74, 6) is 1.16. The number of hydrogen-bond donors (Lipinski definition) is 1. The third kappa shape index (κ3) is 4.11. The van der Waals surface area contributed by atoms with Crippen LogP contribution in [0.1, 0.15) is 38.7 Å². The highest BCUT2D eigenvalue weighted by Crippen LogP contribution is 2.43. The number of carbonyl (C=O) groups is 2. The van der Waals surface area contributed by atoms with Gasteiger partial charge in [0.05, 0.1) is 5.41 Å². The summed E-state index contributed by atoms with van der Waals surface area (Å²) >= 11 is 1.73. The number of thiophene rings is 1. The summed E-state index contributed by atoms with van der Waals surface area (Å²) in [6.45, 7) is 6.11. The average Bonchev–Trinajstić information content (AvgIpc) is 3.22. The van der Waals surface area contributed by atoms with E-state index in [0.29, 0.717) is 31.5 Å². The molecule has 5 heteroatoms. The molecule has 0 bridgehead atoms. The van der Waals surface area contributed by atoms with E-state index in [4.69, 9.17) is 0 Å². The number of nitrogens with zero attached hydrogens (tertiary/aromatic N) is 1. The predicted octanol–water partition coefficient (Wildman–Crippen LogP) is 4.36. The maximum atomic E-state index is 13.2. The number of likely N-dealkylation sites (tertiary alicyclic amines) is 1. The van der Waals surface area contributed by atoms with Crippen LogP contribution in [0, 0.1) is 17.3 Å². The summed E-state index contributed by atoms with van der Waals surface area (Å²) in [5.41, 5.74) is 1.99. The Morgan fingerprint density at radius 3 is 2.52 bits per heavy atom. The van der Waals surface area contributed by atoms with Gasteiger partial charge in [-0.15, -0.1) is 11.3 Å². The van der Waals surface area contributed by atoms with Gasteiger partial charge in [0.25, 0.3) is 0 Å². The molecule has 1 saturated heterocycles. The van der Waals surface area contributed by atoms with E-state index in [9.17, 15) is 9.59 Å². The SMILES string of the molecule is CCNC(=O)C1(Cc2ccccc2-c2cccs2)CCN(C(=O)[C@@H]2C[C@@H]2C)CC1. The Kier molecular flexibility index (Phi) is 5.77. The molecule has 1 aliphatic carbocycles. The van der Waals surface area contributed by atoms with Crippen LogP contribution in [-0.4, -0.2) is 36.3 Å². The molecule has 4 nitrogen and oxygen atoms in total. The van der Waals surface area contributed by atoms with Crippen molar-refractivity contribution in [2.75, 3.05) is 19.6 Å². The lowest BCUT2D eigenvalue weighted by molar-refractivity contribution is -0.141. The van der Waals surface area contributed by atoms with E-state index in [1.807, 2.05) is 11.8 Å². The molecule has 2 atom stereocenters. The predicted molar refractivity (Wildman–Crippen MR) is 118 cm³/mol. The van der Waals surface area contributed by atoms with E-state index >= 15 is 0 Å². The van der Waals surface area contributed by atoms with Gasteiger partial charge in [-0.3, -0.25) is 9.59 Å². The lowest BCUT2D eigenvalue weighted by Crippen LogP contribution is -2.51. The molecule has 2 aliphatic rings. The Bertz CT molecular complexity index is 869. The van der Waals surface area contributed by atoms with Crippen LogP contribution in [0.15, 0.2) is 41.8 Å². The molecule has 1 saturated carbocycles. The molecule has 0 spiro atoms. The molecule has 1 aliphatic heterocycles. The van der Waals surface area contributed by atoms with Crippen molar-refractivity contribution in [2.24, 2.45) is 17.3 Å². The third-order valence-corrected chi connectivity index (χ3v) is 7.51. The van der Waals surface area contributed by atoms with Crippen LogP contribution in [0.4, 0.5) is 0 Å². The van der Waals surface area contributed by atoms with Crippen molar-refractivity contribution in [3.05, 3.63) is 47.3 Å². The number of benzene rings is 1. The van der Waals surface area contributed by atoms with Crippen LogP contribution in [-0.2, 0) is 16.0 Å². The van der Waals surface area contributed by atoms with E-state index < -0.39 is 5.41 Å². The molecule has 29 heavy (non-hydrogen) atoms. The Hall–Kier alpha value is -2.14. The van der Waals surface area contributed by atoms with Crippen LogP contribution in [0.2, 0.25) is 0 Å². The van der Waals surface area contributed by atoms with Crippen LogP contribution >= 0.6 is 11.3 Å². The number of amides is 2. The number of hydrogen-bond acceptors (Lipinski definition) is 3. The minimum absolute atomic E-state index is 0.132. The largest absolute Gasteiger partial charge is 0.356 e. The zero-order valence-corrected chi connectivity index (χ0v) is 18.1. The number of carbonyl (C=O) groups excluding carboxylic acids is 2. The molecule has 2 aromatic rings. The number of rotatable bonds is 6. The van der Waals surface area contributed by atoms with Gasteiger partial charge in [-0.2, -0.15) is 0 Å². The Labute approximate surface area is 177 Å². The molecule has 2 amide bonds. The lowest BCUT2D eigenvalue weighted by atomic mass is 9.72. The first-order chi connectivity index (χ1) is 14.0. The van der Waals surface area contributed by atoms with Crippen molar-refractivity contribution in [1.29, 1.82) is 0 Å². The number of nitrogens with one attached hydrogen (secondary N) is 1. The topological polar surface area (TPSA) is 49.4 Å². The molecule has 1 aromatic carbocycles. The molecule has 2 heterocycles. The van der Waals surface area contributed by atoms with Gasteiger partial charge in [0, 0.05) is 30.4 Å². The summed E-state index contributed by atoms with van der Waals surface area (Å²) in [6.07, 6.45) is 3.19. The van der Waals surface area contributed by atoms with Crippen molar-refractivity contribution >= 4 is 23.2 Å². The molecular formula is C24H30N2O2S. The average molecular weight is 411 g/mol. The van der Waals surface area contributed by atoms with Gasteiger partial charge in [0.1, 0.15) is 0 Å². The molecule has 154 valence electrons. The van der Waals surface area contributed by atoms with Crippen LogP contribution in [0.25, 0.3) is 10.4 Å². The van der Waals surface area contributed by atoms with Crippen molar-refractivity contribution in [3.63, 3.8) is 0 Å². The van der Waals surface area contributed by atoms with E-state index in [-0.39, 0.29) is 11.8 Å². The maximum Gasteiger partial charge on any atom is 0.226 e. The van der Waals surface area contributed by atoms with Gasteiger partial charge >= 0.3 is 0 Å². The van der Waals surface area contributed by atoms with E-state index in [1.165, 1.54) is 16.0 Å². The normalized spacial score (nSPS) is 22.9. The zero-order valence-electron chi connectivity index (χ0n) is 17.3. The third-order valence-electron chi connectivity index (χ3n) is 6.61. The molecule has 2 fully saturated rings. The fourth-order valence-electron chi connectivity index (χ4n) is 4.60. The first kappa shape index (κ1) is 20.1. The summed E-state index contributed by atoms with van der Waals surface area (Å²) in [4.78, 5) is 29.1. The second-order valence-corrected chi connectivity index (χ2v) is 9.54. The highest BCUT2D eigenvalue weighted by atomic mass is 32.1. The van der Waals surface area contributed by atoms with E-state index in [0.717, 1.165) is 25.7 Å². The van der Waals surface area contributed by atoms with Gasteiger partial charge in [0.2, 0.25) is 11.8 Å². The van der Waals surface area contributed by atoms with Crippen molar-refractivity contribution in [3.8, 4) is 10.4 Å². The highest BCUT2D eigenvalue weighted by Gasteiger charge is 2.46. The minimum Gasteiger partial charge on any atom is -0.356 e. The molecule has 4 rings (SSSR count). The quantitative estimate of drug-likeness (QED) is 0.769. The second-order valence-electron chi connectivity index (χ2n) is 8.60. The summed E-state index contributed by atoms with van der Waals surface area (Å²) in [7, 11) is 0. The van der Waals surface area contributed by atoms with Crippen molar-refractivity contribution in [1.82, 2.24) is 10.2 Å². The lowest BCUT2D eigenvalue weighted by Gasteiger charge is -2.41. The smallest absolute Gasteiger partial charge is 0.226 e. The monoisotopic (exact) mass is 410 g/mol. The fourth-order valence-corrected chi connectivity index (χ4v) is 5.39. The Balaban J connectivity index is 1.56. The molecule has 1 N–H and O–H groups in total. The summed E-state index contributed by atoms with van der Waals surface area (Å²) < 4.78 is 0. The second kappa shape index (κ2) is 8.31. The van der Waals surface area contributed by atoms with E-state index in [1.54, 1.807) is 11.3 Å². The first-order valence-electron chi connectivity index (χ1n) is 10.7. The van der Waals surface area contributed by atoms with Gasteiger partial charge < -0.3 is 10.2 Å². The molecule has 0 radical (unpaired) electrons. The molecule has 0 unspecified atom stereocenters. The van der Waals surface area contributed by atoms with Gasteiger partial charge in [-0.1, -0.05) is 37.3 Å². The van der Waals surface area contributed by atoms with Gasteiger partial charge in [0.15, 0.2) is 0 Å². The molecule has 1 aromatic heterocycles. The van der Waals surface area contributed by atoms with Crippen molar-refractivity contribution in [2.45, 2.75) is 39.5 Å². The van der Waals surface area contributed by atoms with E-state index in [2.05, 4.69) is 54.0 Å². The summed E-state index contributed by atoms with van der Waals surface area (Å²) in [6, 6.07) is 12.6. The van der Waals surface area contributed by atoms with Crippen LogP contribution < -0.4 is 5.32 Å². The fraction of sp³-hybridized carbons (Fsp3) is 0.500. The highest BCUT2D eigenvalue weighted by molar-refractivity contribution is 7.13. The maximum absolute atomic E-state index is 13.2. The Morgan fingerprint density at radius 2 is 1.90 bits per heavy atom. The van der Waals surface area contributed by atoms with Crippen LogP contribution in [0.3, 0.4) is 0 Å². The van der Waals surface area contributed by atoms with Gasteiger partial charge in [-0.25, -0.2) is 0 Å². The summed E-state index contributed by atoms with van der Waals surface area (Å²) in [5, 5.41) is 5.17. The molecular weight excluding hydrogens is 380 g/mol. The van der Waals surface area contributed by atoms with Crippen molar-refractivity contribution < 1.29 is 9.59 Å². The standard InChI is InChI=1S/C24H30N2O2S/c1-3-25-23(28)24(10-12-26(13-11-24)22(27)20-15-17(20)2)16-18-7-4-5-8-19(18)21-9-6-14-29-21/h4-9,14,17,20H,3,10-13,15-16H2,1-2H3,(H,25,28)/t17-,20+/m0/s1. The Morgan fingerprint density at radius 1 is 1.17 bits per heavy atom. The number of piperidine rings is 1.